The number of sulfone groups is 1. The summed E-state index contributed by atoms with van der Waals surface area (Å²) in [5, 5.41) is 2.17. The summed E-state index contributed by atoms with van der Waals surface area (Å²) < 4.78 is 65.7. The van der Waals surface area contributed by atoms with E-state index in [-0.39, 0.29) is 38.8 Å². The lowest BCUT2D eigenvalue weighted by Crippen LogP contribution is -2.20. The van der Waals surface area contributed by atoms with E-state index in [1.807, 2.05) is 6.92 Å². The number of benzene rings is 2. The molecule has 0 saturated heterocycles. The molecule has 0 aliphatic heterocycles. The van der Waals surface area contributed by atoms with Gasteiger partial charge in [-0.3, -0.25) is 4.79 Å². The van der Waals surface area contributed by atoms with E-state index in [4.69, 9.17) is 11.6 Å². The van der Waals surface area contributed by atoms with Gasteiger partial charge in [0.25, 0.3) is 5.91 Å². The van der Waals surface area contributed by atoms with Crippen molar-refractivity contribution in [2.24, 2.45) is 11.8 Å². The van der Waals surface area contributed by atoms with E-state index in [1.54, 1.807) is 0 Å². The first kappa shape index (κ1) is 22.4. The zero-order valence-corrected chi connectivity index (χ0v) is 17.6. The van der Waals surface area contributed by atoms with Crippen LogP contribution in [-0.4, -0.2) is 20.1 Å². The molecule has 2 aromatic carbocycles. The van der Waals surface area contributed by atoms with Crippen molar-refractivity contribution in [2.75, 3.05) is 11.1 Å². The number of amides is 1. The summed E-state index contributed by atoms with van der Waals surface area (Å²) in [6.45, 7) is 5.91. The monoisotopic (exact) mass is 457 g/mol. The lowest BCUT2D eigenvalue weighted by Gasteiger charge is -2.17. The summed E-state index contributed by atoms with van der Waals surface area (Å²) in [5.74, 6) is -5.62. The zero-order valence-electron chi connectivity index (χ0n) is 16.0. The molecule has 0 heterocycles. The molecule has 0 spiro atoms. The Morgan fingerprint density at radius 1 is 1.20 bits per heavy atom. The lowest BCUT2D eigenvalue weighted by molar-refractivity contribution is 0.102. The normalized spacial score (nSPS) is 19.2. The summed E-state index contributed by atoms with van der Waals surface area (Å²) in [7, 11) is -3.83. The summed E-state index contributed by atoms with van der Waals surface area (Å²) in [5.41, 5.74) is 0.477. The fourth-order valence-corrected chi connectivity index (χ4v) is 5.88. The first-order valence-corrected chi connectivity index (χ1v) is 11.2. The molecule has 2 atom stereocenters. The highest BCUT2D eigenvalue weighted by atomic mass is 35.5. The molecule has 0 bridgehead atoms. The van der Waals surface area contributed by atoms with Crippen LogP contribution in [0.1, 0.15) is 30.1 Å². The maximum Gasteiger partial charge on any atom is 0.255 e. The van der Waals surface area contributed by atoms with Crippen LogP contribution >= 0.6 is 11.6 Å². The van der Waals surface area contributed by atoms with Gasteiger partial charge in [-0.15, -0.1) is 0 Å². The number of rotatable bonds is 5. The average molecular weight is 458 g/mol. The van der Waals surface area contributed by atoms with Crippen molar-refractivity contribution in [1.82, 2.24) is 0 Å². The molecule has 1 amide bonds. The highest BCUT2D eigenvalue weighted by molar-refractivity contribution is 7.91. The molecule has 1 fully saturated rings. The van der Waals surface area contributed by atoms with Gasteiger partial charge in [-0.2, -0.15) is 0 Å². The number of carbonyl (C=O) groups excluding carboxylic acids is 1. The zero-order chi connectivity index (χ0) is 22.2. The summed E-state index contributed by atoms with van der Waals surface area (Å²) >= 11 is 6.09. The predicted molar refractivity (Wildman–Crippen MR) is 109 cm³/mol. The van der Waals surface area contributed by atoms with Crippen LogP contribution in [0.2, 0.25) is 5.02 Å². The van der Waals surface area contributed by atoms with E-state index in [2.05, 4.69) is 11.9 Å². The van der Waals surface area contributed by atoms with E-state index < -0.39 is 33.2 Å². The molecular formula is C21H19ClF3NO3S. The lowest BCUT2D eigenvalue weighted by atomic mass is 9.98. The molecule has 0 aromatic heterocycles. The standard InChI is InChI=1S/C21H19ClF3NO3S/c1-11-3-4-12(2)15(11)10-30(28,29)19-7-13(5-6-16(19)22)21(27)26-14-8-17(23)20(25)18(24)9-14/h5-9,12,15H,1,3-4,10H2,2H3,(H,26,27). The third kappa shape index (κ3) is 4.54. The van der Waals surface area contributed by atoms with Crippen LogP contribution in [0.4, 0.5) is 18.9 Å². The van der Waals surface area contributed by atoms with Crippen molar-refractivity contribution in [1.29, 1.82) is 0 Å². The van der Waals surface area contributed by atoms with Crippen LogP contribution < -0.4 is 5.32 Å². The molecule has 1 N–H and O–H groups in total. The van der Waals surface area contributed by atoms with E-state index in [0.717, 1.165) is 24.5 Å². The molecule has 30 heavy (non-hydrogen) atoms. The van der Waals surface area contributed by atoms with Crippen LogP contribution in [0.25, 0.3) is 0 Å². The fourth-order valence-electron chi connectivity index (χ4n) is 3.52. The van der Waals surface area contributed by atoms with Crippen LogP contribution in [0.15, 0.2) is 47.4 Å². The molecule has 9 heteroatoms. The molecular weight excluding hydrogens is 439 g/mol. The molecule has 1 aliphatic carbocycles. The summed E-state index contributed by atoms with van der Waals surface area (Å²) in [6.07, 6.45) is 1.63. The van der Waals surface area contributed by atoms with E-state index in [9.17, 15) is 26.4 Å². The van der Waals surface area contributed by atoms with Gasteiger partial charge >= 0.3 is 0 Å². The molecule has 1 saturated carbocycles. The Morgan fingerprint density at radius 2 is 1.83 bits per heavy atom. The van der Waals surface area contributed by atoms with Crippen LogP contribution in [0.3, 0.4) is 0 Å². The second-order valence-electron chi connectivity index (χ2n) is 7.42. The smallest absolute Gasteiger partial charge is 0.255 e. The van der Waals surface area contributed by atoms with Crippen LogP contribution in [0.5, 0.6) is 0 Å². The number of hydrogen-bond donors (Lipinski definition) is 1. The van der Waals surface area contributed by atoms with Gasteiger partial charge in [0.15, 0.2) is 27.3 Å². The number of anilines is 1. The van der Waals surface area contributed by atoms with Gasteiger partial charge in [0, 0.05) is 23.4 Å². The Morgan fingerprint density at radius 3 is 2.40 bits per heavy atom. The fraction of sp³-hybridized carbons (Fsp3) is 0.286. The van der Waals surface area contributed by atoms with Gasteiger partial charge in [-0.1, -0.05) is 30.7 Å². The third-order valence-electron chi connectivity index (χ3n) is 5.30. The molecule has 2 aromatic rings. The van der Waals surface area contributed by atoms with Crippen molar-refractivity contribution in [3.05, 3.63) is 70.5 Å². The molecule has 0 radical (unpaired) electrons. The van der Waals surface area contributed by atoms with Crippen LogP contribution in [0, 0.1) is 29.3 Å². The largest absolute Gasteiger partial charge is 0.322 e. The Bertz CT molecular complexity index is 1110. The number of hydrogen-bond acceptors (Lipinski definition) is 3. The maximum atomic E-state index is 13.4. The SMILES string of the molecule is C=C1CCC(C)C1CS(=O)(=O)c1cc(C(=O)Nc2cc(F)c(F)c(F)c2)ccc1Cl. The first-order valence-electron chi connectivity index (χ1n) is 9.15. The number of allylic oxidation sites excluding steroid dienone is 1. The van der Waals surface area contributed by atoms with Crippen LogP contribution in [-0.2, 0) is 9.84 Å². The minimum atomic E-state index is -3.83. The number of halogens is 4. The summed E-state index contributed by atoms with van der Waals surface area (Å²) in [6, 6.07) is 4.91. The molecule has 2 unspecified atom stereocenters. The highest BCUT2D eigenvalue weighted by Crippen LogP contribution is 2.38. The summed E-state index contributed by atoms with van der Waals surface area (Å²) in [4.78, 5) is 12.3. The Kier molecular flexibility index (Phi) is 6.29. The van der Waals surface area contributed by atoms with Crippen molar-refractivity contribution in [3.63, 3.8) is 0 Å². The minimum Gasteiger partial charge on any atom is -0.322 e. The van der Waals surface area contributed by atoms with Crippen molar-refractivity contribution < 1.29 is 26.4 Å². The quantitative estimate of drug-likeness (QED) is 0.484. The van der Waals surface area contributed by atoms with E-state index in [1.165, 1.54) is 12.1 Å². The number of nitrogens with one attached hydrogen (secondary N) is 1. The topological polar surface area (TPSA) is 63.2 Å². The molecule has 3 rings (SSSR count). The maximum absolute atomic E-state index is 13.4. The van der Waals surface area contributed by atoms with Gasteiger partial charge in [0.1, 0.15) is 0 Å². The molecule has 1 aliphatic rings. The predicted octanol–water partition coefficient (Wildman–Crippen LogP) is 5.39. The first-order chi connectivity index (χ1) is 14.0. The second-order valence-corrected chi connectivity index (χ2v) is 9.83. The van der Waals surface area contributed by atoms with Gasteiger partial charge in [-0.25, -0.2) is 21.6 Å². The molecule has 160 valence electrons. The molecule has 4 nitrogen and oxygen atoms in total. The van der Waals surface area contributed by atoms with Crippen molar-refractivity contribution >= 4 is 33.0 Å². The second kappa shape index (κ2) is 8.43. The minimum absolute atomic E-state index is 0.0401. The van der Waals surface area contributed by atoms with E-state index in [0.29, 0.717) is 12.1 Å². The average Bonchev–Trinajstić information content (AvgIpc) is 2.97. The van der Waals surface area contributed by atoms with Crippen molar-refractivity contribution in [3.8, 4) is 0 Å². The Hall–Kier alpha value is -2.32. The Balaban J connectivity index is 1.87. The van der Waals surface area contributed by atoms with Gasteiger partial charge in [0.05, 0.1) is 15.7 Å². The van der Waals surface area contributed by atoms with Gasteiger partial charge in [0.2, 0.25) is 0 Å². The highest BCUT2D eigenvalue weighted by Gasteiger charge is 2.33. The van der Waals surface area contributed by atoms with Crippen molar-refractivity contribution in [2.45, 2.75) is 24.7 Å². The van der Waals surface area contributed by atoms with E-state index >= 15 is 0 Å². The Labute approximate surface area is 177 Å². The van der Waals surface area contributed by atoms with Gasteiger partial charge < -0.3 is 5.32 Å². The van der Waals surface area contributed by atoms with Gasteiger partial charge in [-0.05, 0) is 42.9 Å². The third-order valence-corrected chi connectivity index (χ3v) is 7.55. The number of carbonyl (C=O) groups is 1.